The number of amides is 1. The second kappa shape index (κ2) is 9.30. The summed E-state index contributed by atoms with van der Waals surface area (Å²) in [7, 11) is 0. The number of carbonyl (C=O) groups excluding carboxylic acids is 1. The molecule has 0 spiro atoms. The van der Waals surface area contributed by atoms with Crippen molar-refractivity contribution in [1.29, 1.82) is 0 Å². The summed E-state index contributed by atoms with van der Waals surface area (Å²) >= 11 is 0. The van der Waals surface area contributed by atoms with E-state index in [1.54, 1.807) is 0 Å². The van der Waals surface area contributed by atoms with Gasteiger partial charge in [-0.1, -0.05) is 42.5 Å². The van der Waals surface area contributed by atoms with Crippen molar-refractivity contribution in [1.82, 2.24) is 24.6 Å². The summed E-state index contributed by atoms with van der Waals surface area (Å²) in [6.45, 7) is 4.84. The third-order valence-electron chi connectivity index (χ3n) is 5.70. The van der Waals surface area contributed by atoms with Crippen molar-refractivity contribution in [2.75, 3.05) is 39.4 Å². The molecule has 1 N–H and O–H groups in total. The number of nitrogens with one attached hydrogen (secondary N) is 1. The van der Waals surface area contributed by atoms with Crippen LogP contribution in [0.5, 0.6) is 0 Å². The molecular formula is C25H25N5O2. The van der Waals surface area contributed by atoms with E-state index in [9.17, 15) is 4.79 Å². The molecule has 1 saturated heterocycles. The van der Waals surface area contributed by atoms with Gasteiger partial charge in [-0.2, -0.15) is 0 Å². The fourth-order valence-corrected chi connectivity index (χ4v) is 3.89. The SMILES string of the molecule is O=C(NCCN1CCOCC1)c1ccc(-c2ncc3cnc(-c4ccccc4)cn23)cc1. The molecule has 4 aromatic rings. The zero-order valence-corrected chi connectivity index (χ0v) is 17.8. The minimum absolute atomic E-state index is 0.0617. The predicted octanol–water partition coefficient (Wildman–Crippen LogP) is 3.13. The van der Waals surface area contributed by atoms with Gasteiger partial charge in [0.05, 0.1) is 36.8 Å². The van der Waals surface area contributed by atoms with E-state index < -0.39 is 0 Å². The molecule has 3 heterocycles. The van der Waals surface area contributed by atoms with Crippen molar-refractivity contribution >= 4 is 11.4 Å². The second-order valence-electron chi connectivity index (χ2n) is 7.80. The summed E-state index contributed by atoms with van der Waals surface area (Å²) in [6.07, 6.45) is 5.64. The van der Waals surface area contributed by atoms with Crippen LogP contribution in [0.15, 0.2) is 73.2 Å². The molecule has 1 amide bonds. The first-order chi connectivity index (χ1) is 15.8. The fraction of sp³-hybridized carbons (Fsp3) is 0.240. The van der Waals surface area contributed by atoms with Crippen LogP contribution in [0, 0.1) is 0 Å². The molecule has 0 radical (unpaired) electrons. The van der Waals surface area contributed by atoms with Gasteiger partial charge in [0.2, 0.25) is 0 Å². The first-order valence-corrected chi connectivity index (χ1v) is 10.9. The highest BCUT2D eigenvalue weighted by molar-refractivity contribution is 5.94. The van der Waals surface area contributed by atoms with Crippen LogP contribution >= 0.6 is 0 Å². The molecule has 2 aromatic heterocycles. The molecule has 5 rings (SSSR count). The van der Waals surface area contributed by atoms with Crippen LogP contribution in [-0.2, 0) is 4.74 Å². The molecular weight excluding hydrogens is 402 g/mol. The molecule has 7 heteroatoms. The Bertz CT molecular complexity index is 1200. The molecule has 1 aliphatic heterocycles. The third kappa shape index (κ3) is 4.39. The minimum Gasteiger partial charge on any atom is -0.379 e. The zero-order valence-electron chi connectivity index (χ0n) is 17.8. The summed E-state index contributed by atoms with van der Waals surface area (Å²) in [5, 5.41) is 3.01. The number of rotatable bonds is 6. The van der Waals surface area contributed by atoms with Gasteiger partial charge >= 0.3 is 0 Å². The lowest BCUT2D eigenvalue weighted by Crippen LogP contribution is -2.41. The molecule has 32 heavy (non-hydrogen) atoms. The number of hydrogen-bond acceptors (Lipinski definition) is 5. The van der Waals surface area contributed by atoms with E-state index >= 15 is 0 Å². The number of benzene rings is 2. The van der Waals surface area contributed by atoms with Gasteiger partial charge in [-0.15, -0.1) is 0 Å². The average molecular weight is 428 g/mol. The highest BCUT2D eigenvalue weighted by Crippen LogP contribution is 2.23. The smallest absolute Gasteiger partial charge is 0.251 e. The number of fused-ring (bicyclic) bond motifs is 1. The Kier molecular flexibility index (Phi) is 5.91. The van der Waals surface area contributed by atoms with E-state index in [0.29, 0.717) is 12.1 Å². The minimum atomic E-state index is -0.0617. The van der Waals surface area contributed by atoms with E-state index in [0.717, 1.165) is 61.0 Å². The number of carbonyl (C=O) groups is 1. The average Bonchev–Trinajstić information content (AvgIpc) is 3.28. The number of hydrogen-bond donors (Lipinski definition) is 1. The summed E-state index contributed by atoms with van der Waals surface area (Å²) in [5.74, 6) is 0.757. The van der Waals surface area contributed by atoms with Crippen molar-refractivity contribution in [3.63, 3.8) is 0 Å². The highest BCUT2D eigenvalue weighted by Gasteiger charge is 2.12. The topological polar surface area (TPSA) is 71.8 Å². The lowest BCUT2D eigenvalue weighted by atomic mass is 10.1. The number of morpholine rings is 1. The molecule has 1 fully saturated rings. The van der Waals surface area contributed by atoms with E-state index in [2.05, 4.69) is 20.2 Å². The Morgan fingerprint density at radius 2 is 1.69 bits per heavy atom. The zero-order chi connectivity index (χ0) is 21.8. The Labute approximate surface area is 186 Å². The van der Waals surface area contributed by atoms with Crippen LogP contribution in [0.4, 0.5) is 0 Å². The van der Waals surface area contributed by atoms with Crippen LogP contribution in [0.25, 0.3) is 28.2 Å². The summed E-state index contributed by atoms with van der Waals surface area (Å²) in [6, 6.07) is 17.6. The largest absolute Gasteiger partial charge is 0.379 e. The van der Waals surface area contributed by atoms with Gasteiger partial charge in [-0.25, -0.2) is 4.98 Å². The van der Waals surface area contributed by atoms with Gasteiger partial charge in [0.25, 0.3) is 5.91 Å². The maximum absolute atomic E-state index is 12.5. The Balaban J connectivity index is 1.29. The van der Waals surface area contributed by atoms with Crippen molar-refractivity contribution in [2.24, 2.45) is 0 Å². The van der Waals surface area contributed by atoms with E-state index in [4.69, 9.17) is 4.74 Å². The lowest BCUT2D eigenvalue weighted by molar-refractivity contribution is 0.0383. The first kappa shape index (κ1) is 20.4. The maximum atomic E-state index is 12.5. The Morgan fingerprint density at radius 1 is 0.938 bits per heavy atom. The number of ether oxygens (including phenoxy) is 1. The molecule has 7 nitrogen and oxygen atoms in total. The van der Waals surface area contributed by atoms with Crippen LogP contribution < -0.4 is 5.32 Å². The molecule has 1 aliphatic rings. The normalized spacial score (nSPS) is 14.5. The van der Waals surface area contributed by atoms with Gasteiger partial charge in [0, 0.05) is 49.1 Å². The summed E-state index contributed by atoms with van der Waals surface area (Å²) in [5.41, 5.74) is 4.44. The van der Waals surface area contributed by atoms with E-state index in [1.807, 2.05) is 77.6 Å². The van der Waals surface area contributed by atoms with Crippen molar-refractivity contribution in [3.8, 4) is 22.6 Å². The third-order valence-corrected chi connectivity index (χ3v) is 5.70. The Hall–Kier alpha value is -3.55. The molecule has 0 aliphatic carbocycles. The summed E-state index contributed by atoms with van der Waals surface area (Å²) in [4.78, 5) is 24.0. The standard InChI is InChI=1S/C25H25N5O2/c31-25(26-10-11-29-12-14-32-15-13-29)21-8-6-20(7-9-21)24-28-17-22-16-27-23(18-30(22)24)19-4-2-1-3-5-19/h1-9,16-18H,10-15H2,(H,26,31). The molecule has 0 bridgehead atoms. The van der Waals surface area contributed by atoms with Gasteiger partial charge in [-0.05, 0) is 12.1 Å². The molecule has 0 unspecified atom stereocenters. The predicted molar refractivity (Wildman–Crippen MR) is 123 cm³/mol. The van der Waals surface area contributed by atoms with Crippen LogP contribution in [0.1, 0.15) is 10.4 Å². The summed E-state index contributed by atoms with van der Waals surface area (Å²) < 4.78 is 7.39. The van der Waals surface area contributed by atoms with Crippen LogP contribution in [-0.4, -0.2) is 64.6 Å². The number of imidazole rings is 1. The van der Waals surface area contributed by atoms with E-state index in [1.165, 1.54) is 0 Å². The van der Waals surface area contributed by atoms with Crippen molar-refractivity contribution in [2.45, 2.75) is 0 Å². The van der Waals surface area contributed by atoms with E-state index in [-0.39, 0.29) is 5.91 Å². The fourth-order valence-electron chi connectivity index (χ4n) is 3.89. The van der Waals surface area contributed by atoms with Gasteiger partial charge in [0.1, 0.15) is 5.82 Å². The quantitative estimate of drug-likeness (QED) is 0.512. The number of nitrogens with zero attached hydrogens (tertiary/aromatic N) is 4. The molecule has 2 aromatic carbocycles. The maximum Gasteiger partial charge on any atom is 0.251 e. The van der Waals surface area contributed by atoms with Crippen molar-refractivity contribution in [3.05, 3.63) is 78.8 Å². The highest BCUT2D eigenvalue weighted by atomic mass is 16.5. The van der Waals surface area contributed by atoms with Crippen molar-refractivity contribution < 1.29 is 9.53 Å². The second-order valence-corrected chi connectivity index (χ2v) is 7.80. The molecule has 0 atom stereocenters. The first-order valence-electron chi connectivity index (χ1n) is 10.9. The lowest BCUT2D eigenvalue weighted by Gasteiger charge is -2.26. The van der Waals surface area contributed by atoms with Gasteiger partial charge < -0.3 is 10.1 Å². The van der Waals surface area contributed by atoms with Crippen LogP contribution in [0.3, 0.4) is 0 Å². The molecule has 0 saturated carbocycles. The van der Waals surface area contributed by atoms with Gasteiger partial charge in [-0.3, -0.25) is 19.1 Å². The molecule has 162 valence electrons. The Morgan fingerprint density at radius 3 is 2.47 bits per heavy atom. The monoisotopic (exact) mass is 427 g/mol. The van der Waals surface area contributed by atoms with Crippen LogP contribution in [0.2, 0.25) is 0 Å². The number of aromatic nitrogens is 3. The van der Waals surface area contributed by atoms with Gasteiger partial charge in [0.15, 0.2) is 0 Å².